The number of ether oxygens (including phenoxy) is 1. The van der Waals surface area contributed by atoms with E-state index in [4.69, 9.17) is 4.74 Å². The first-order chi connectivity index (χ1) is 15.1. The summed E-state index contributed by atoms with van der Waals surface area (Å²) in [6.07, 6.45) is 12.6. The number of amides is 1. The summed E-state index contributed by atoms with van der Waals surface area (Å²) < 4.78 is 7.30. The molecule has 1 saturated heterocycles. The van der Waals surface area contributed by atoms with E-state index in [1.54, 1.807) is 4.57 Å². The zero-order valence-corrected chi connectivity index (χ0v) is 18.4. The Labute approximate surface area is 183 Å². The summed E-state index contributed by atoms with van der Waals surface area (Å²) >= 11 is 0. The maximum Gasteiger partial charge on any atom is 0.225 e. The molecule has 9 nitrogen and oxygen atoms in total. The lowest BCUT2D eigenvalue weighted by molar-refractivity contribution is -0.116. The predicted octanol–water partition coefficient (Wildman–Crippen LogP) is 3.33. The van der Waals surface area contributed by atoms with Gasteiger partial charge in [0.05, 0.1) is 19.0 Å². The Morgan fingerprint density at radius 1 is 1.13 bits per heavy atom. The second kappa shape index (κ2) is 12.1. The van der Waals surface area contributed by atoms with Crippen LogP contribution < -0.4 is 5.32 Å². The van der Waals surface area contributed by atoms with Gasteiger partial charge in [0.2, 0.25) is 5.91 Å². The number of unbranched alkanes of at least 4 members (excludes halogenated alkanes) is 8. The van der Waals surface area contributed by atoms with Crippen molar-refractivity contribution in [3.63, 3.8) is 0 Å². The summed E-state index contributed by atoms with van der Waals surface area (Å²) in [5.74, 6) is 0.269. The van der Waals surface area contributed by atoms with Crippen molar-refractivity contribution in [2.24, 2.45) is 0 Å². The summed E-state index contributed by atoms with van der Waals surface area (Å²) in [6.45, 7) is 2.07. The molecule has 3 heterocycles. The minimum Gasteiger partial charge on any atom is -0.394 e. The number of carbonyl (C=O) groups is 1. The topological polar surface area (TPSA) is 122 Å². The number of hydrogen-bond donors (Lipinski definition) is 3. The van der Waals surface area contributed by atoms with Crippen LogP contribution in [0, 0.1) is 0 Å². The van der Waals surface area contributed by atoms with Gasteiger partial charge in [-0.05, 0) is 6.42 Å². The molecule has 0 bridgehead atoms. The van der Waals surface area contributed by atoms with Gasteiger partial charge in [0.15, 0.2) is 23.2 Å². The molecule has 1 amide bonds. The van der Waals surface area contributed by atoms with Crippen LogP contribution in [0.2, 0.25) is 0 Å². The summed E-state index contributed by atoms with van der Waals surface area (Å²) in [6, 6.07) is 0. The SMILES string of the molecule is CCCCCCCCCCCC(=O)Nc1ncnc2c1ncn2[C@@H]1O[C@@H](CO)C[C@H]1O. The molecule has 2 aromatic rings. The highest BCUT2D eigenvalue weighted by Crippen LogP contribution is 2.31. The number of nitrogens with one attached hydrogen (secondary N) is 1. The van der Waals surface area contributed by atoms with E-state index in [-0.39, 0.29) is 12.5 Å². The highest BCUT2D eigenvalue weighted by Gasteiger charge is 2.36. The summed E-state index contributed by atoms with van der Waals surface area (Å²) in [4.78, 5) is 25.1. The van der Waals surface area contributed by atoms with Gasteiger partial charge < -0.3 is 20.3 Å². The number of imidazole rings is 1. The van der Waals surface area contributed by atoms with Crippen molar-refractivity contribution in [1.82, 2.24) is 19.5 Å². The van der Waals surface area contributed by atoms with Gasteiger partial charge in [-0.15, -0.1) is 0 Å². The smallest absolute Gasteiger partial charge is 0.225 e. The first kappa shape index (κ1) is 23.6. The largest absolute Gasteiger partial charge is 0.394 e. The van der Waals surface area contributed by atoms with Crippen LogP contribution in [0.5, 0.6) is 0 Å². The van der Waals surface area contributed by atoms with Crippen molar-refractivity contribution in [3.05, 3.63) is 12.7 Å². The van der Waals surface area contributed by atoms with E-state index in [9.17, 15) is 15.0 Å². The Bertz CT molecular complexity index is 827. The Morgan fingerprint density at radius 2 is 1.84 bits per heavy atom. The van der Waals surface area contributed by atoms with E-state index in [1.165, 1.54) is 57.6 Å². The van der Waals surface area contributed by atoms with Gasteiger partial charge in [0.1, 0.15) is 12.4 Å². The highest BCUT2D eigenvalue weighted by atomic mass is 16.5. The van der Waals surface area contributed by atoms with Gasteiger partial charge in [-0.1, -0.05) is 58.3 Å². The van der Waals surface area contributed by atoms with Crippen LogP contribution >= 0.6 is 0 Å². The molecule has 0 spiro atoms. The predicted molar refractivity (Wildman–Crippen MR) is 117 cm³/mol. The van der Waals surface area contributed by atoms with Crippen LogP contribution in [0.15, 0.2) is 12.7 Å². The minimum absolute atomic E-state index is 0.0880. The van der Waals surface area contributed by atoms with Crippen molar-refractivity contribution in [1.29, 1.82) is 0 Å². The molecule has 2 aromatic heterocycles. The molecule has 1 aliphatic rings. The van der Waals surface area contributed by atoms with Crippen LogP contribution in [0.4, 0.5) is 5.82 Å². The third-order valence-corrected chi connectivity index (χ3v) is 5.77. The quantitative estimate of drug-likeness (QED) is 0.414. The van der Waals surface area contributed by atoms with Gasteiger partial charge in [-0.3, -0.25) is 9.36 Å². The zero-order valence-electron chi connectivity index (χ0n) is 18.4. The first-order valence-electron chi connectivity index (χ1n) is 11.6. The lowest BCUT2D eigenvalue weighted by Crippen LogP contribution is -2.19. The fraction of sp³-hybridized carbons (Fsp3) is 0.727. The number of aliphatic hydroxyl groups excluding tert-OH is 2. The van der Waals surface area contributed by atoms with E-state index >= 15 is 0 Å². The normalized spacial score (nSPS) is 21.1. The van der Waals surface area contributed by atoms with Crippen LogP contribution in [0.1, 0.15) is 83.8 Å². The second-order valence-electron chi connectivity index (χ2n) is 8.31. The fourth-order valence-corrected chi connectivity index (χ4v) is 4.02. The lowest BCUT2D eigenvalue weighted by Gasteiger charge is -2.16. The molecule has 31 heavy (non-hydrogen) atoms. The molecule has 3 atom stereocenters. The Balaban J connectivity index is 1.47. The molecule has 1 aliphatic heterocycles. The number of carbonyl (C=O) groups excluding carboxylic acids is 1. The minimum atomic E-state index is -0.769. The maximum absolute atomic E-state index is 12.4. The Kier molecular flexibility index (Phi) is 9.17. The number of rotatable bonds is 13. The van der Waals surface area contributed by atoms with Gasteiger partial charge in [0, 0.05) is 12.8 Å². The van der Waals surface area contributed by atoms with Crippen molar-refractivity contribution in [2.75, 3.05) is 11.9 Å². The molecular formula is C22H35N5O4. The Hall–Kier alpha value is -2.10. The third kappa shape index (κ3) is 6.44. The first-order valence-corrected chi connectivity index (χ1v) is 11.6. The number of aromatic nitrogens is 4. The highest BCUT2D eigenvalue weighted by molar-refractivity contribution is 5.96. The van der Waals surface area contributed by atoms with Gasteiger partial charge in [0.25, 0.3) is 0 Å². The third-order valence-electron chi connectivity index (χ3n) is 5.77. The maximum atomic E-state index is 12.4. The molecule has 9 heteroatoms. The molecule has 3 rings (SSSR count). The molecule has 0 aliphatic carbocycles. The summed E-state index contributed by atoms with van der Waals surface area (Å²) in [7, 11) is 0. The molecule has 3 N–H and O–H groups in total. The molecule has 0 saturated carbocycles. The average Bonchev–Trinajstić information content (AvgIpc) is 3.36. The van der Waals surface area contributed by atoms with Crippen LogP contribution in [0.25, 0.3) is 11.2 Å². The number of aliphatic hydroxyl groups is 2. The van der Waals surface area contributed by atoms with Crippen molar-refractivity contribution in [3.8, 4) is 0 Å². The molecular weight excluding hydrogens is 398 g/mol. The van der Waals surface area contributed by atoms with Gasteiger partial charge in [-0.25, -0.2) is 15.0 Å². The summed E-state index contributed by atoms with van der Waals surface area (Å²) in [5.41, 5.74) is 0.919. The van der Waals surface area contributed by atoms with Gasteiger partial charge >= 0.3 is 0 Å². The van der Waals surface area contributed by atoms with E-state index in [0.717, 1.165) is 12.8 Å². The lowest BCUT2D eigenvalue weighted by atomic mass is 10.1. The number of hydrogen-bond acceptors (Lipinski definition) is 7. The number of nitrogens with zero attached hydrogens (tertiary/aromatic N) is 4. The molecule has 0 unspecified atom stereocenters. The van der Waals surface area contributed by atoms with Crippen molar-refractivity contribution in [2.45, 2.75) is 96.0 Å². The van der Waals surface area contributed by atoms with E-state index < -0.39 is 18.4 Å². The zero-order chi connectivity index (χ0) is 22.1. The van der Waals surface area contributed by atoms with E-state index in [2.05, 4.69) is 27.2 Å². The van der Waals surface area contributed by atoms with Crippen LogP contribution in [-0.4, -0.2) is 54.5 Å². The van der Waals surface area contributed by atoms with E-state index in [1.807, 2.05) is 0 Å². The van der Waals surface area contributed by atoms with Gasteiger partial charge in [-0.2, -0.15) is 0 Å². The molecule has 0 aromatic carbocycles. The average molecular weight is 434 g/mol. The van der Waals surface area contributed by atoms with Crippen molar-refractivity contribution < 1.29 is 19.7 Å². The molecule has 172 valence electrons. The van der Waals surface area contributed by atoms with Crippen LogP contribution in [0.3, 0.4) is 0 Å². The van der Waals surface area contributed by atoms with Crippen LogP contribution in [-0.2, 0) is 9.53 Å². The standard InChI is InChI=1S/C22H35N5O4/c1-2-3-4-5-6-7-8-9-10-11-18(30)26-20-19-21(24-14-23-20)27(15-25-19)22-17(29)12-16(13-28)31-22/h14-17,22,28-29H,2-13H2,1H3,(H,23,24,26,30)/t16-,17-,22-/m1/s1. The molecule has 0 radical (unpaired) electrons. The Morgan fingerprint density at radius 3 is 2.52 bits per heavy atom. The number of anilines is 1. The molecule has 1 fully saturated rings. The number of fused-ring (bicyclic) bond motifs is 1. The fourth-order valence-electron chi connectivity index (χ4n) is 4.02. The summed E-state index contributed by atoms with van der Waals surface area (Å²) in [5, 5.41) is 22.4. The van der Waals surface area contributed by atoms with Crippen molar-refractivity contribution >= 4 is 22.9 Å². The van der Waals surface area contributed by atoms with E-state index in [0.29, 0.717) is 29.8 Å². The second-order valence-corrected chi connectivity index (χ2v) is 8.31. The monoisotopic (exact) mass is 433 g/mol.